The number of imidazole rings is 1. The summed E-state index contributed by atoms with van der Waals surface area (Å²) in [5.74, 6) is 0.140. The van der Waals surface area contributed by atoms with Crippen molar-refractivity contribution in [1.29, 1.82) is 0 Å². The third-order valence-corrected chi connectivity index (χ3v) is 6.84. The first-order valence-corrected chi connectivity index (χ1v) is 10.7. The molecule has 6 nitrogen and oxygen atoms in total. The fraction of sp³-hybridized carbons (Fsp3) is 0.320. The Labute approximate surface area is 181 Å². The topological polar surface area (TPSA) is 64.4 Å². The quantitative estimate of drug-likeness (QED) is 0.640. The number of carbonyl (C=O) groups is 2. The molecule has 0 saturated carbocycles. The van der Waals surface area contributed by atoms with Crippen LogP contribution in [0.4, 0.5) is 4.79 Å². The molecule has 1 aliphatic carbocycles. The Morgan fingerprint density at radius 2 is 1.65 bits per heavy atom. The highest BCUT2D eigenvalue weighted by Gasteiger charge is 2.41. The third kappa shape index (κ3) is 3.23. The van der Waals surface area contributed by atoms with Crippen LogP contribution < -0.4 is 0 Å². The average Bonchev–Trinajstić information content (AvgIpc) is 3.45. The highest BCUT2D eigenvalue weighted by Crippen LogP contribution is 2.44. The van der Waals surface area contributed by atoms with E-state index in [1.54, 1.807) is 24.3 Å². The predicted molar refractivity (Wildman–Crippen MR) is 117 cm³/mol. The van der Waals surface area contributed by atoms with Gasteiger partial charge in [-0.05, 0) is 42.0 Å². The molecule has 1 amide bonds. The van der Waals surface area contributed by atoms with E-state index in [2.05, 4.69) is 29.2 Å². The van der Waals surface area contributed by atoms with Crippen molar-refractivity contribution in [2.24, 2.45) is 0 Å². The van der Waals surface area contributed by atoms with Crippen LogP contribution in [-0.2, 0) is 15.1 Å². The number of aromatic nitrogens is 2. The minimum absolute atomic E-state index is 0.0448. The minimum atomic E-state index is -0.628. The Bertz CT molecular complexity index is 1070. The minimum Gasteiger partial charge on any atom is -0.448 e. The maximum atomic E-state index is 12.8. The summed E-state index contributed by atoms with van der Waals surface area (Å²) >= 11 is 0. The van der Waals surface area contributed by atoms with Gasteiger partial charge in [0.1, 0.15) is 12.1 Å². The molecule has 0 radical (unpaired) electrons. The molecule has 1 saturated heterocycles. The van der Waals surface area contributed by atoms with Gasteiger partial charge in [0.05, 0.1) is 6.33 Å². The SMILES string of the molecule is CC(=O)C1(n2ccnc2)CCN(C(=O)OCC2c3ccccc3-c3ccccc32)CC1. The monoisotopic (exact) mass is 415 g/mol. The van der Waals surface area contributed by atoms with Crippen LogP contribution in [-0.4, -0.2) is 46.0 Å². The molecule has 0 atom stereocenters. The molecule has 0 bridgehead atoms. The van der Waals surface area contributed by atoms with E-state index in [9.17, 15) is 9.59 Å². The molecule has 31 heavy (non-hydrogen) atoms. The summed E-state index contributed by atoms with van der Waals surface area (Å²) < 4.78 is 7.66. The van der Waals surface area contributed by atoms with Gasteiger partial charge < -0.3 is 14.2 Å². The van der Waals surface area contributed by atoms with Crippen molar-refractivity contribution in [3.05, 3.63) is 78.4 Å². The molecule has 2 heterocycles. The van der Waals surface area contributed by atoms with Gasteiger partial charge in [-0.25, -0.2) is 9.78 Å². The standard InChI is InChI=1S/C25H25N3O3/c1-18(29)25(28-15-12-26-17-28)10-13-27(14-11-25)24(30)31-16-23-21-8-4-2-6-19(21)20-7-3-5-9-22(20)23/h2-9,12,15,17,23H,10-11,13-14,16H2,1H3. The van der Waals surface area contributed by atoms with E-state index in [1.807, 2.05) is 35.0 Å². The Morgan fingerprint density at radius 1 is 1.03 bits per heavy atom. The lowest BCUT2D eigenvalue weighted by atomic mass is 9.84. The number of nitrogens with zero attached hydrogens (tertiary/aromatic N) is 3. The Morgan fingerprint density at radius 3 is 2.19 bits per heavy atom. The maximum Gasteiger partial charge on any atom is 0.409 e. The highest BCUT2D eigenvalue weighted by molar-refractivity contribution is 5.84. The zero-order valence-electron chi connectivity index (χ0n) is 17.5. The van der Waals surface area contributed by atoms with Crippen molar-refractivity contribution in [1.82, 2.24) is 14.5 Å². The van der Waals surface area contributed by atoms with E-state index in [4.69, 9.17) is 4.74 Å². The maximum absolute atomic E-state index is 12.8. The molecule has 1 aliphatic heterocycles. The fourth-order valence-electron chi connectivity index (χ4n) is 5.05. The fourth-order valence-corrected chi connectivity index (χ4v) is 5.05. The lowest BCUT2D eigenvalue weighted by molar-refractivity contribution is -0.127. The highest BCUT2D eigenvalue weighted by atomic mass is 16.6. The summed E-state index contributed by atoms with van der Waals surface area (Å²) in [6.07, 6.45) is 5.99. The van der Waals surface area contributed by atoms with Crippen molar-refractivity contribution in [2.45, 2.75) is 31.2 Å². The third-order valence-electron chi connectivity index (χ3n) is 6.84. The number of hydrogen-bond acceptors (Lipinski definition) is 4. The Hall–Kier alpha value is -3.41. The van der Waals surface area contributed by atoms with Gasteiger partial charge in [0, 0.05) is 31.4 Å². The average molecular weight is 415 g/mol. The van der Waals surface area contributed by atoms with Gasteiger partial charge in [-0.3, -0.25) is 4.79 Å². The molecule has 3 aromatic rings. The molecule has 1 aromatic heterocycles. The summed E-state index contributed by atoms with van der Waals surface area (Å²) in [6.45, 7) is 2.88. The second kappa shape index (κ2) is 7.69. The number of carbonyl (C=O) groups excluding carboxylic acids is 2. The van der Waals surface area contributed by atoms with E-state index in [1.165, 1.54) is 22.3 Å². The van der Waals surface area contributed by atoms with Crippen LogP contribution in [0.5, 0.6) is 0 Å². The number of fused-ring (bicyclic) bond motifs is 3. The summed E-state index contributed by atoms with van der Waals surface area (Å²) in [5.41, 5.74) is 4.19. The number of benzene rings is 2. The van der Waals surface area contributed by atoms with E-state index < -0.39 is 5.54 Å². The van der Waals surface area contributed by atoms with Crippen molar-refractivity contribution >= 4 is 11.9 Å². The first-order chi connectivity index (χ1) is 15.1. The van der Waals surface area contributed by atoms with Crippen molar-refractivity contribution in [3.8, 4) is 11.1 Å². The lowest BCUT2D eigenvalue weighted by Gasteiger charge is -2.40. The second-order valence-corrected chi connectivity index (χ2v) is 8.35. The molecular weight excluding hydrogens is 390 g/mol. The van der Waals surface area contributed by atoms with Gasteiger partial charge in [0.25, 0.3) is 0 Å². The molecule has 1 fully saturated rings. The summed E-state index contributed by atoms with van der Waals surface area (Å²) in [4.78, 5) is 31.1. The number of Topliss-reactive ketones (excluding diaryl/α,β-unsaturated/α-hetero) is 1. The van der Waals surface area contributed by atoms with Gasteiger partial charge in [0.2, 0.25) is 0 Å². The first-order valence-electron chi connectivity index (χ1n) is 10.7. The zero-order chi connectivity index (χ0) is 21.4. The van der Waals surface area contributed by atoms with E-state index in [0.717, 1.165) is 0 Å². The molecular formula is C25H25N3O3. The second-order valence-electron chi connectivity index (χ2n) is 8.35. The Balaban J connectivity index is 1.27. The number of rotatable bonds is 4. The van der Waals surface area contributed by atoms with Crippen molar-refractivity contribution in [2.75, 3.05) is 19.7 Å². The molecule has 5 rings (SSSR count). The van der Waals surface area contributed by atoms with Gasteiger partial charge in [-0.15, -0.1) is 0 Å². The van der Waals surface area contributed by atoms with Crippen molar-refractivity contribution < 1.29 is 14.3 Å². The van der Waals surface area contributed by atoms with Gasteiger partial charge in [-0.2, -0.15) is 0 Å². The van der Waals surface area contributed by atoms with Crippen molar-refractivity contribution in [3.63, 3.8) is 0 Å². The van der Waals surface area contributed by atoms with Crippen LogP contribution in [0, 0.1) is 0 Å². The van der Waals surface area contributed by atoms with Crippen LogP contribution in [0.1, 0.15) is 36.8 Å². The number of ketones is 1. The summed E-state index contributed by atoms with van der Waals surface area (Å²) in [7, 11) is 0. The number of piperidine rings is 1. The molecule has 6 heteroatoms. The van der Waals surface area contributed by atoms with Gasteiger partial charge >= 0.3 is 6.09 Å². The number of likely N-dealkylation sites (tertiary alicyclic amines) is 1. The molecule has 158 valence electrons. The molecule has 0 N–H and O–H groups in total. The number of ether oxygens (including phenoxy) is 1. The summed E-state index contributed by atoms with van der Waals surface area (Å²) in [6, 6.07) is 16.6. The van der Waals surface area contributed by atoms with Crippen LogP contribution in [0.2, 0.25) is 0 Å². The number of amides is 1. The smallest absolute Gasteiger partial charge is 0.409 e. The Kier molecular flexibility index (Phi) is 4.85. The van der Waals surface area contributed by atoms with E-state index in [0.29, 0.717) is 32.5 Å². The zero-order valence-corrected chi connectivity index (χ0v) is 17.5. The van der Waals surface area contributed by atoms with Crippen LogP contribution in [0.3, 0.4) is 0 Å². The van der Waals surface area contributed by atoms with Gasteiger partial charge in [-0.1, -0.05) is 48.5 Å². The molecule has 0 spiro atoms. The van der Waals surface area contributed by atoms with E-state index >= 15 is 0 Å². The van der Waals surface area contributed by atoms with Crippen LogP contribution in [0.25, 0.3) is 11.1 Å². The first kappa shape index (κ1) is 19.5. The predicted octanol–water partition coefficient (Wildman–Crippen LogP) is 4.21. The summed E-state index contributed by atoms with van der Waals surface area (Å²) in [5, 5.41) is 0. The molecule has 0 unspecified atom stereocenters. The molecule has 2 aromatic carbocycles. The van der Waals surface area contributed by atoms with E-state index in [-0.39, 0.29) is 17.8 Å². The molecule has 2 aliphatic rings. The largest absolute Gasteiger partial charge is 0.448 e. The lowest BCUT2D eigenvalue weighted by Crippen LogP contribution is -2.51. The van der Waals surface area contributed by atoms with Crippen LogP contribution in [0.15, 0.2) is 67.3 Å². The van der Waals surface area contributed by atoms with Crippen LogP contribution >= 0.6 is 0 Å². The normalized spacial score (nSPS) is 17.1. The van der Waals surface area contributed by atoms with Gasteiger partial charge in [0.15, 0.2) is 5.78 Å². The number of hydrogen-bond donors (Lipinski definition) is 0.